The first-order valence-corrected chi connectivity index (χ1v) is 6.11. The third kappa shape index (κ3) is 2.06. The summed E-state index contributed by atoms with van der Waals surface area (Å²) in [7, 11) is 4.23. The molecule has 3 heteroatoms. The minimum absolute atomic E-state index is 0.280. The molecule has 5 atom stereocenters. The molecule has 1 N–H and O–H groups in total. The van der Waals surface area contributed by atoms with Gasteiger partial charge in [0, 0.05) is 6.04 Å². The van der Waals surface area contributed by atoms with Gasteiger partial charge in [0.15, 0.2) is 0 Å². The van der Waals surface area contributed by atoms with Crippen molar-refractivity contribution in [3.63, 3.8) is 0 Å². The fourth-order valence-corrected chi connectivity index (χ4v) is 3.12. The van der Waals surface area contributed by atoms with Crippen LogP contribution in [0, 0.1) is 17.8 Å². The monoisotopic (exact) mass is 223 g/mol. The minimum atomic E-state index is -0.462. The Morgan fingerprint density at radius 3 is 2.69 bits per heavy atom. The molecule has 5 unspecified atom stereocenters. The summed E-state index contributed by atoms with van der Waals surface area (Å²) in [5, 5.41) is 10.1. The maximum atomic E-state index is 10.8. The highest BCUT2D eigenvalue weighted by Gasteiger charge is 2.39. The number of aldehydes is 1. The maximum Gasteiger partial charge on any atom is 0.129 e. The van der Waals surface area contributed by atoms with Gasteiger partial charge in [0.05, 0.1) is 12.0 Å². The average Bonchev–Trinajstić information content (AvgIpc) is 2.29. The molecule has 90 valence electrons. The number of hydrogen-bond donors (Lipinski definition) is 1. The molecule has 0 aromatic rings. The second kappa shape index (κ2) is 4.68. The summed E-state index contributed by atoms with van der Waals surface area (Å²) in [6.07, 6.45) is 7.71. The standard InChI is InChI=1S/C13H21NO2/c1-14(2)11-5-6-12-9(7-11)3-4-10(8-15)13(12)16/h3-4,8-13,16H,5-7H2,1-2H3. The predicted octanol–water partition coefficient (Wildman–Crippen LogP) is 1.08. The molecular formula is C13H21NO2. The number of fused-ring (bicyclic) bond motifs is 1. The Hall–Kier alpha value is -0.670. The maximum absolute atomic E-state index is 10.8. The molecule has 2 aliphatic carbocycles. The molecule has 2 aliphatic rings. The molecule has 1 fully saturated rings. The molecule has 3 nitrogen and oxygen atoms in total. The lowest BCUT2D eigenvalue weighted by atomic mass is 9.68. The van der Waals surface area contributed by atoms with E-state index in [1.165, 1.54) is 0 Å². The van der Waals surface area contributed by atoms with Crippen molar-refractivity contribution < 1.29 is 9.90 Å². The van der Waals surface area contributed by atoms with E-state index in [-0.39, 0.29) is 11.8 Å². The number of carbonyl (C=O) groups is 1. The Balaban J connectivity index is 2.08. The summed E-state index contributed by atoms with van der Waals surface area (Å²) in [5.41, 5.74) is 0. The molecule has 2 rings (SSSR count). The SMILES string of the molecule is CN(C)C1CCC2C(C=CC(C=O)C2O)C1. The van der Waals surface area contributed by atoms with E-state index in [1.807, 2.05) is 6.08 Å². The molecule has 0 aromatic heterocycles. The highest BCUT2D eigenvalue weighted by atomic mass is 16.3. The van der Waals surface area contributed by atoms with Crippen LogP contribution in [0.2, 0.25) is 0 Å². The van der Waals surface area contributed by atoms with Crippen molar-refractivity contribution in [2.45, 2.75) is 31.4 Å². The minimum Gasteiger partial charge on any atom is -0.392 e. The third-order valence-corrected chi connectivity index (χ3v) is 4.23. The number of aliphatic hydroxyl groups is 1. The second-order valence-electron chi connectivity index (χ2n) is 5.35. The van der Waals surface area contributed by atoms with Gasteiger partial charge in [-0.1, -0.05) is 12.2 Å². The highest BCUT2D eigenvalue weighted by Crippen LogP contribution is 2.39. The number of hydrogen-bond acceptors (Lipinski definition) is 3. The zero-order valence-corrected chi connectivity index (χ0v) is 10.0. The van der Waals surface area contributed by atoms with Gasteiger partial charge >= 0.3 is 0 Å². The van der Waals surface area contributed by atoms with Crippen molar-refractivity contribution in [2.75, 3.05) is 14.1 Å². The van der Waals surface area contributed by atoms with Gasteiger partial charge in [-0.25, -0.2) is 0 Å². The van der Waals surface area contributed by atoms with E-state index in [0.717, 1.165) is 25.5 Å². The largest absolute Gasteiger partial charge is 0.392 e. The summed E-state index contributed by atoms with van der Waals surface area (Å²) < 4.78 is 0. The van der Waals surface area contributed by atoms with Crippen molar-refractivity contribution in [3.8, 4) is 0 Å². The van der Waals surface area contributed by atoms with Gasteiger partial charge in [0.1, 0.15) is 6.29 Å². The molecule has 0 bridgehead atoms. The first-order valence-electron chi connectivity index (χ1n) is 6.11. The van der Waals surface area contributed by atoms with E-state index in [2.05, 4.69) is 25.1 Å². The molecule has 1 saturated carbocycles. The van der Waals surface area contributed by atoms with Crippen LogP contribution in [-0.2, 0) is 4.79 Å². The lowest BCUT2D eigenvalue weighted by Gasteiger charge is -2.42. The Bertz CT molecular complexity index is 288. The van der Waals surface area contributed by atoms with E-state index >= 15 is 0 Å². The molecule has 0 amide bonds. The van der Waals surface area contributed by atoms with Crippen LogP contribution in [0.15, 0.2) is 12.2 Å². The summed E-state index contributed by atoms with van der Waals surface area (Å²) in [4.78, 5) is 13.1. The number of carbonyl (C=O) groups excluding carboxylic acids is 1. The van der Waals surface area contributed by atoms with E-state index < -0.39 is 6.10 Å². The Morgan fingerprint density at radius 1 is 1.31 bits per heavy atom. The van der Waals surface area contributed by atoms with Gasteiger partial charge in [-0.2, -0.15) is 0 Å². The molecule has 0 radical (unpaired) electrons. The Kier molecular flexibility index (Phi) is 3.45. The topological polar surface area (TPSA) is 40.5 Å². The van der Waals surface area contributed by atoms with E-state index in [0.29, 0.717) is 12.0 Å². The zero-order valence-electron chi connectivity index (χ0n) is 10.0. The van der Waals surface area contributed by atoms with Crippen LogP contribution >= 0.6 is 0 Å². The Labute approximate surface area is 97.1 Å². The van der Waals surface area contributed by atoms with Crippen LogP contribution in [0.4, 0.5) is 0 Å². The molecule has 0 spiro atoms. The van der Waals surface area contributed by atoms with Gasteiger partial charge < -0.3 is 14.8 Å². The van der Waals surface area contributed by atoms with Crippen molar-refractivity contribution in [1.29, 1.82) is 0 Å². The van der Waals surface area contributed by atoms with Gasteiger partial charge in [-0.3, -0.25) is 0 Å². The van der Waals surface area contributed by atoms with E-state index in [1.54, 1.807) is 0 Å². The van der Waals surface area contributed by atoms with Crippen LogP contribution in [0.25, 0.3) is 0 Å². The normalized spacial score (nSPS) is 43.1. The molecule has 0 heterocycles. The first-order chi connectivity index (χ1) is 7.63. The van der Waals surface area contributed by atoms with Crippen molar-refractivity contribution >= 4 is 6.29 Å². The smallest absolute Gasteiger partial charge is 0.129 e. The Morgan fingerprint density at radius 2 is 2.06 bits per heavy atom. The number of nitrogens with zero attached hydrogens (tertiary/aromatic N) is 1. The highest BCUT2D eigenvalue weighted by molar-refractivity contribution is 5.58. The number of aliphatic hydroxyl groups excluding tert-OH is 1. The zero-order chi connectivity index (χ0) is 11.7. The van der Waals surface area contributed by atoms with Gasteiger partial charge in [0.2, 0.25) is 0 Å². The van der Waals surface area contributed by atoms with Crippen LogP contribution in [0.3, 0.4) is 0 Å². The summed E-state index contributed by atoms with van der Waals surface area (Å²) in [6, 6.07) is 0.617. The number of allylic oxidation sites excluding steroid dienone is 1. The third-order valence-electron chi connectivity index (χ3n) is 4.23. The molecule has 16 heavy (non-hydrogen) atoms. The van der Waals surface area contributed by atoms with Crippen LogP contribution in [0.1, 0.15) is 19.3 Å². The van der Waals surface area contributed by atoms with Crippen molar-refractivity contribution in [3.05, 3.63) is 12.2 Å². The first kappa shape index (κ1) is 11.8. The molecule has 0 aliphatic heterocycles. The average molecular weight is 223 g/mol. The van der Waals surface area contributed by atoms with Crippen LogP contribution in [0.5, 0.6) is 0 Å². The predicted molar refractivity (Wildman–Crippen MR) is 63.0 cm³/mol. The van der Waals surface area contributed by atoms with Crippen molar-refractivity contribution in [1.82, 2.24) is 4.90 Å². The fourth-order valence-electron chi connectivity index (χ4n) is 3.12. The lowest BCUT2D eigenvalue weighted by molar-refractivity contribution is -0.115. The molecule has 0 aromatic carbocycles. The van der Waals surface area contributed by atoms with Crippen molar-refractivity contribution in [2.24, 2.45) is 17.8 Å². The quantitative estimate of drug-likeness (QED) is 0.562. The summed E-state index contributed by atoms with van der Waals surface area (Å²) in [6.45, 7) is 0. The van der Waals surface area contributed by atoms with Crippen LogP contribution < -0.4 is 0 Å². The molecular weight excluding hydrogens is 202 g/mol. The van der Waals surface area contributed by atoms with E-state index in [9.17, 15) is 9.90 Å². The van der Waals surface area contributed by atoms with Gasteiger partial charge in [-0.15, -0.1) is 0 Å². The van der Waals surface area contributed by atoms with Gasteiger partial charge in [-0.05, 0) is 45.2 Å². The molecule has 0 saturated heterocycles. The summed E-state index contributed by atoms with van der Waals surface area (Å²) in [5.74, 6) is 0.459. The van der Waals surface area contributed by atoms with Crippen LogP contribution in [-0.4, -0.2) is 42.5 Å². The number of rotatable bonds is 2. The lowest BCUT2D eigenvalue weighted by Crippen LogP contribution is -2.44. The van der Waals surface area contributed by atoms with Gasteiger partial charge in [0.25, 0.3) is 0 Å². The second-order valence-corrected chi connectivity index (χ2v) is 5.35. The van der Waals surface area contributed by atoms with E-state index in [4.69, 9.17) is 0 Å². The summed E-state index contributed by atoms with van der Waals surface area (Å²) >= 11 is 0. The fraction of sp³-hybridized carbons (Fsp3) is 0.769.